The number of ether oxygens (including phenoxy) is 1. The predicted molar refractivity (Wildman–Crippen MR) is 149 cm³/mol. The van der Waals surface area contributed by atoms with Gasteiger partial charge in [-0.05, 0) is 83.2 Å². The van der Waals surface area contributed by atoms with E-state index in [0.29, 0.717) is 42.7 Å². The van der Waals surface area contributed by atoms with Crippen molar-refractivity contribution < 1.29 is 30.4 Å². The fourth-order valence-electron chi connectivity index (χ4n) is 4.48. The summed E-state index contributed by atoms with van der Waals surface area (Å²) in [6.07, 6.45) is 4.64. The maximum Gasteiger partial charge on any atom is 0.260 e. The first-order valence-electron chi connectivity index (χ1n) is 12.9. The average Bonchev–Trinajstić information content (AvgIpc) is 3.12. The van der Waals surface area contributed by atoms with Crippen molar-refractivity contribution in [3.63, 3.8) is 0 Å². The second-order valence-electron chi connectivity index (χ2n) is 9.49. The molecule has 0 atom stereocenters. The van der Waals surface area contributed by atoms with Crippen LogP contribution in [0.3, 0.4) is 0 Å². The third-order valence-electron chi connectivity index (χ3n) is 6.44. The number of hydrogen-bond donors (Lipinski definition) is 0. The number of rotatable bonds is 10. The van der Waals surface area contributed by atoms with Crippen molar-refractivity contribution in [3.8, 4) is 5.75 Å². The second-order valence-corrected chi connectivity index (χ2v) is 12.4. The highest BCUT2D eigenvalue weighted by Crippen LogP contribution is 2.35. The van der Waals surface area contributed by atoms with Crippen LogP contribution in [0.15, 0.2) is 47.4 Å². The first-order valence-corrected chi connectivity index (χ1v) is 15.2. The van der Waals surface area contributed by atoms with E-state index in [1.165, 1.54) is 11.3 Å². The summed E-state index contributed by atoms with van der Waals surface area (Å²) in [5.41, 5.74) is 1.18. The van der Waals surface area contributed by atoms with Gasteiger partial charge in [-0.25, -0.2) is 13.4 Å². The van der Waals surface area contributed by atoms with E-state index in [4.69, 9.17) is 9.72 Å². The molecule has 208 valence electrons. The lowest BCUT2D eigenvalue weighted by molar-refractivity contribution is -0.0000182. The Bertz CT molecular complexity index is 1300. The van der Waals surface area contributed by atoms with Gasteiger partial charge < -0.3 is 22.0 Å². The summed E-state index contributed by atoms with van der Waals surface area (Å²) >= 11 is 1.45. The molecule has 11 heteroatoms. The zero-order valence-corrected chi connectivity index (χ0v) is 24.6. The van der Waals surface area contributed by atoms with E-state index in [9.17, 15) is 13.2 Å². The van der Waals surface area contributed by atoms with E-state index in [1.54, 1.807) is 33.5 Å². The zero-order chi connectivity index (χ0) is 26.4. The third-order valence-corrected chi connectivity index (χ3v) is 9.39. The molecule has 1 fully saturated rings. The number of aromatic nitrogens is 1. The van der Waals surface area contributed by atoms with Crippen molar-refractivity contribution >= 4 is 42.6 Å². The second kappa shape index (κ2) is 13.7. The van der Waals surface area contributed by atoms with Crippen molar-refractivity contribution in [3.05, 3.63) is 48.0 Å². The van der Waals surface area contributed by atoms with Crippen LogP contribution in [0.1, 0.15) is 49.4 Å². The van der Waals surface area contributed by atoms with Gasteiger partial charge in [-0.15, -0.1) is 0 Å². The van der Waals surface area contributed by atoms with Gasteiger partial charge >= 0.3 is 0 Å². The van der Waals surface area contributed by atoms with Gasteiger partial charge in [0.15, 0.2) is 5.13 Å². The third kappa shape index (κ3) is 7.04. The number of nitrogens with zero attached hydrogens (tertiary/aromatic N) is 4. The Balaban J connectivity index is 0.00000400. The standard InChI is InChI=1S/C27H36N4O4S2.ClH/c1-4-35-23-11-9-12-24-25(23)28-27(36-24)31(20-10-17-29(2)3)26(32)21-13-15-22(16-14-21)37(33,34)30-18-7-5-6-8-19-30;/h9,11-16H,4-8,10,17-20H2,1-3H3;1H/p-1. The summed E-state index contributed by atoms with van der Waals surface area (Å²) in [7, 11) is 0.431. The molecule has 1 saturated heterocycles. The van der Waals surface area contributed by atoms with Crippen LogP contribution in [0.25, 0.3) is 10.2 Å². The number of fused-ring (bicyclic) bond motifs is 1. The highest BCUT2D eigenvalue weighted by molar-refractivity contribution is 7.89. The SMILES string of the molecule is CCOc1cccc2sc(N(CCCN(C)C)C(=O)c3ccc(S(=O)(=O)N4CCCCCC4)cc3)nc12.[Cl-]. The van der Waals surface area contributed by atoms with Crippen molar-refractivity contribution in [2.75, 3.05) is 51.8 Å². The molecule has 3 aromatic rings. The van der Waals surface area contributed by atoms with Crippen LogP contribution in [-0.4, -0.2) is 75.4 Å². The Labute approximate surface area is 236 Å². The lowest BCUT2D eigenvalue weighted by Gasteiger charge is -2.22. The highest BCUT2D eigenvalue weighted by Gasteiger charge is 2.27. The molecule has 0 radical (unpaired) electrons. The van der Waals surface area contributed by atoms with Crippen molar-refractivity contribution in [2.24, 2.45) is 0 Å². The van der Waals surface area contributed by atoms with Gasteiger partial charge in [0, 0.05) is 25.2 Å². The fraction of sp³-hybridized carbons (Fsp3) is 0.481. The van der Waals surface area contributed by atoms with E-state index in [0.717, 1.165) is 48.9 Å². The zero-order valence-electron chi connectivity index (χ0n) is 22.2. The van der Waals surface area contributed by atoms with Gasteiger partial charge in [-0.3, -0.25) is 9.69 Å². The lowest BCUT2D eigenvalue weighted by Crippen LogP contribution is -3.00. The van der Waals surface area contributed by atoms with Crippen LogP contribution < -0.4 is 22.0 Å². The molecule has 0 N–H and O–H groups in total. The summed E-state index contributed by atoms with van der Waals surface area (Å²) in [5.74, 6) is 0.501. The van der Waals surface area contributed by atoms with Crippen LogP contribution in [0.2, 0.25) is 0 Å². The summed E-state index contributed by atoms with van der Waals surface area (Å²) in [5, 5.41) is 0.604. The maximum absolute atomic E-state index is 13.7. The molecule has 0 saturated carbocycles. The minimum atomic E-state index is -3.57. The molecule has 0 aliphatic carbocycles. The van der Waals surface area contributed by atoms with E-state index >= 15 is 0 Å². The largest absolute Gasteiger partial charge is 1.00 e. The first-order chi connectivity index (χ1) is 17.8. The molecule has 0 bridgehead atoms. The molecule has 4 rings (SSSR count). The van der Waals surface area contributed by atoms with E-state index in [-0.39, 0.29) is 23.2 Å². The van der Waals surface area contributed by atoms with Gasteiger partial charge in [0.2, 0.25) is 10.0 Å². The van der Waals surface area contributed by atoms with Crippen LogP contribution >= 0.6 is 11.3 Å². The fourth-order valence-corrected chi connectivity index (χ4v) is 7.01. The average molecular weight is 580 g/mol. The summed E-state index contributed by atoms with van der Waals surface area (Å²) < 4.78 is 34.6. The molecule has 0 unspecified atom stereocenters. The highest BCUT2D eigenvalue weighted by atomic mass is 35.5. The van der Waals surface area contributed by atoms with E-state index in [2.05, 4.69) is 4.90 Å². The Hall–Kier alpha value is -2.24. The number of carbonyl (C=O) groups is 1. The van der Waals surface area contributed by atoms with Crippen LogP contribution in [-0.2, 0) is 10.0 Å². The van der Waals surface area contributed by atoms with Gasteiger partial charge in [-0.2, -0.15) is 4.31 Å². The van der Waals surface area contributed by atoms with Crippen molar-refractivity contribution in [2.45, 2.75) is 43.9 Å². The van der Waals surface area contributed by atoms with Gasteiger partial charge in [0.25, 0.3) is 5.91 Å². The molecule has 2 heterocycles. The topological polar surface area (TPSA) is 83.0 Å². The van der Waals surface area contributed by atoms with E-state index < -0.39 is 10.0 Å². The number of carbonyl (C=O) groups excluding carboxylic acids is 1. The molecule has 2 aromatic carbocycles. The Morgan fingerprint density at radius 3 is 2.34 bits per heavy atom. The van der Waals surface area contributed by atoms with E-state index in [1.807, 2.05) is 39.2 Å². The van der Waals surface area contributed by atoms with Gasteiger partial charge in [-0.1, -0.05) is 30.2 Å². The minimum absolute atomic E-state index is 0. The van der Waals surface area contributed by atoms with Crippen molar-refractivity contribution in [1.29, 1.82) is 0 Å². The van der Waals surface area contributed by atoms with Crippen LogP contribution in [0.5, 0.6) is 5.75 Å². The minimum Gasteiger partial charge on any atom is -1.00 e. The number of amides is 1. The first kappa shape index (κ1) is 30.3. The molecule has 0 spiro atoms. The molecule has 1 amide bonds. The number of para-hydroxylation sites is 1. The monoisotopic (exact) mass is 579 g/mol. The Morgan fingerprint density at radius 1 is 1.03 bits per heavy atom. The van der Waals surface area contributed by atoms with Gasteiger partial charge in [0.05, 0.1) is 16.2 Å². The maximum atomic E-state index is 13.7. The number of sulfonamides is 1. The number of hydrogen-bond acceptors (Lipinski definition) is 7. The number of halogens is 1. The molecule has 1 aliphatic heterocycles. The van der Waals surface area contributed by atoms with Crippen molar-refractivity contribution in [1.82, 2.24) is 14.2 Å². The number of benzene rings is 2. The summed E-state index contributed by atoms with van der Waals surface area (Å²) in [6, 6.07) is 12.1. The Morgan fingerprint density at radius 2 is 1.71 bits per heavy atom. The molecule has 1 aromatic heterocycles. The molecule has 1 aliphatic rings. The molecule has 38 heavy (non-hydrogen) atoms. The predicted octanol–water partition coefficient (Wildman–Crippen LogP) is 1.86. The number of anilines is 1. The summed E-state index contributed by atoms with van der Waals surface area (Å²) in [6.45, 7) is 4.87. The number of thiazole rings is 1. The quantitative estimate of drug-likeness (QED) is 0.365. The van der Waals surface area contributed by atoms with Crippen LogP contribution in [0.4, 0.5) is 5.13 Å². The molecular formula is C27H36ClN4O4S2-. The molecular weight excluding hydrogens is 544 g/mol. The normalized spacial score (nSPS) is 14.7. The van der Waals surface area contributed by atoms with Crippen LogP contribution in [0, 0.1) is 0 Å². The lowest BCUT2D eigenvalue weighted by atomic mass is 10.2. The van der Waals surface area contributed by atoms with Gasteiger partial charge in [0.1, 0.15) is 11.3 Å². The summed E-state index contributed by atoms with van der Waals surface area (Å²) in [4.78, 5) is 22.5. The smallest absolute Gasteiger partial charge is 0.260 e. The Kier molecular flexibility index (Phi) is 10.9. The molecule has 8 nitrogen and oxygen atoms in total.